The molecule has 0 aliphatic carbocycles. The summed E-state index contributed by atoms with van der Waals surface area (Å²) in [7, 11) is 0. The number of piperidine rings is 1. The highest BCUT2D eigenvalue weighted by Crippen LogP contribution is 2.07. The molecule has 0 aromatic carbocycles. The Balaban J connectivity index is 2.05. The molecule has 82 valence electrons. The van der Waals surface area contributed by atoms with E-state index in [1.807, 2.05) is 0 Å². The van der Waals surface area contributed by atoms with Gasteiger partial charge in [0.15, 0.2) is 0 Å². The number of nitrogens with one attached hydrogen (secondary N) is 1. The largest absolute Gasteiger partial charge is 0.354 e. The van der Waals surface area contributed by atoms with Crippen LogP contribution >= 0.6 is 11.6 Å². The first kappa shape index (κ1) is 11.8. The van der Waals surface area contributed by atoms with Gasteiger partial charge in [-0.25, -0.2) is 0 Å². The van der Waals surface area contributed by atoms with Crippen LogP contribution in [0, 0.1) is 0 Å². The van der Waals surface area contributed by atoms with Crippen molar-refractivity contribution in [2.24, 2.45) is 0 Å². The van der Waals surface area contributed by atoms with Gasteiger partial charge in [0.05, 0.1) is 0 Å². The molecule has 1 aliphatic heterocycles. The van der Waals surface area contributed by atoms with E-state index in [0.717, 1.165) is 13.1 Å². The molecule has 0 bridgehead atoms. The molecule has 1 rings (SSSR count). The van der Waals surface area contributed by atoms with Crippen LogP contribution in [-0.2, 0) is 4.79 Å². The van der Waals surface area contributed by atoms with Gasteiger partial charge in [-0.15, -0.1) is 11.6 Å². The van der Waals surface area contributed by atoms with Crippen molar-refractivity contribution in [1.82, 2.24) is 10.2 Å². The molecule has 1 unspecified atom stereocenters. The van der Waals surface area contributed by atoms with Crippen LogP contribution in [0.4, 0.5) is 0 Å². The van der Waals surface area contributed by atoms with Crippen LogP contribution in [0.25, 0.3) is 0 Å². The van der Waals surface area contributed by atoms with Crippen LogP contribution < -0.4 is 5.32 Å². The summed E-state index contributed by atoms with van der Waals surface area (Å²) in [4.78, 5) is 13.5. The van der Waals surface area contributed by atoms with Gasteiger partial charge in [0.25, 0.3) is 0 Å². The molecule has 1 N–H and O–H groups in total. The molecule has 0 saturated carbocycles. The third kappa shape index (κ3) is 4.29. The van der Waals surface area contributed by atoms with Gasteiger partial charge in [0.2, 0.25) is 5.91 Å². The SMILES string of the molecule is CC(Cl)C(=O)NCCN1CCCCC1. The van der Waals surface area contributed by atoms with Gasteiger partial charge in [-0.05, 0) is 32.9 Å². The molecule has 1 atom stereocenters. The monoisotopic (exact) mass is 218 g/mol. The van der Waals surface area contributed by atoms with Crippen LogP contribution in [0.5, 0.6) is 0 Å². The fraction of sp³-hybridized carbons (Fsp3) is 0.900. The molecular weight excluding hydrogens is 200 g/mol. The lowest BCUT2D eigenvalue weighted by atomic mass is 10.1. The molecule has 0 spiro atoms. The number of alkyl halides is 1. The van der Waals surface area contributed by atoms with Crippen molar-refractivity contribution in [3.63, 3.8) is 0 Å². The van der Waals surface area contributed by atoms with Crippen molar-refractivity contribution < 1.29 is 4.79 Å². The minimum absolute atomic E-state index is 0.0660. The zero-order valence-corrected chi connectivity index (χ0v) is 9.52. The van der Waals surface area contributed by atoms with Crippen molar-refractivity contribution in [3.8, 4) is 0 Å². The molecule has 1 fully saturated rings. The second kappa shape index (κ2) is 6.25. The lowest BCUT2D eigenvalue weighted by Gasteiger charge is -2.26. The summed E-state index contributed by atoms with van der Waals surface area (Å²) in [5.74, 6) is -0.0660. The molecule has 14 heavy (non-hydrogen) atoms. The highest BCUT2D eigenvalue weighted by Gasteiger charge is 2.11. The Hall–Kier alpha value is -0.280. The van der Waals surface area contributed by atoms with Gasteiger partial charge in [0.1, 0.15) is 5.38 Å². The predicted octanol–water partition coefficient (Wildman–Crippen LogP) is 1.22. The molecule has 1 amide bonds. The minimum atomic E-state index is -0.420. The van der Waals surface area contributed by atoms with Gasteiger partial charge in [0, 0.05) is 13.1 Å². The summed E-state index contributed by atoms with van der Waals surface area (Å²) in [6, 6.07) is 0. The number of rotatable bonds is 4. The lowest BCUT2D eigenvalue weighted by molar-refractivity contribution is -0.120. The van der Waals surface area contributed by atoms with E-state index < -0.39 is 5.38 Å². The molecule has 1 heterocycles. The first-order chi connectivity index (χ1) is 6.70. The first-order valence-corrected chi connectivity index (χ1v) is 5.78. The number of halogens is 1. The number of carbonyl (C=O) groups excluding carboxylic acids is 1. The quantitative estimate of drug-likeness (QED) is 0.720. The van der Waals surface area contributed by atoms with E-state index in [2.05, 4.69) is 10.2 Å². The molecule has 1 aliphatic rings. The molecule has 3 nitrogen and oxygen atoms in total. The Kier molecular flexibility index (Phi) is 5.26. The zero-order chi connectivity index (χ0) is 10.4. The molecule has 0 aromatic rings. The number of likely N-dealkylation sites (tertiary alicyclic amines) is 1. The molecule has 4 heteroatoms. The van der Waals surface area contributed by atoms with Crippen LogP contribution in [0.15, 0.2) is 0 Å². The van der Waals surface area contributed by atoms with Crippen LogP contribution in [0.1, 0.15) is 26.2 Å². The third-order valence-electron chi connectivity index (χ3n) is 2.54. The zero-order valence-electron chi connectivity index (χ0n) is 8.76. The first-order valence-electron chi connectivity index (χ1n) is 5.34. The summed E-state index contributed by atoms with van der Waals surface area (Å²) in [6.07, 6.45) is 3.93. The van der Waals surface area contributed by atoms with E-state index in [4.69, 9.17) is 11.6 Å². The second-order valence-electron chi connectivity index (χ2n) is 3.81. The number of amides is 1. The average Bonchev–Trinajstić information content (AvgIpc) is 2.19. The normalized spacial score (nSPS) is 20.4. The maximum absolute atomic E-state index is 11.1. The van der Waals surface area contributed by atoms with Crippen LogP contribution in [-0.4, -0.2) is 42.4 Å². The standard InChI is InChI=1S/C10H19ClN2O/c1-9(11)10(14)12-5-8-13-6-3-2-4-7-13/h9H,2-8H2,1H3,(H,12,14). The summed E-state index contributed by atoms with van der Waals surface area (Å²) < 4.78 is 0. The Bertz CT molecular complexity index is 179. The Morgan fingerprint density at radius 2 is 2.07 bits per heavy atom. The predicted molar refractivity (Wildman–Crippen MR) is 58.6 cm³/mol. The van der Waals surface area contributed by atoms with E-state index in [0.29, 0.717) is 0 Å². The van der Waals surface area contributed by atoms with Crippen LogP contribution in [0.3, 0.4) is 0 Å². The number of carbonyl (C=O) groups is 1. The number of hydrogen-bond donors (Lipinski definition) is 1. The fourth-order valence-electron chi connectivity index (χ4n) is 1.66. The van der Waals surface area contributed by atoms with Crippen molar-refractivity contribution in [1.29, 1.82) is 0 Å². The van der Waals surface area contributed by atoms with Crippen LogP contribution in [0.2, 0.25) is 0 Å². The van der Waals surface area contributed by atoms with Gasteiger partial charge >= 0.3 is 0 Å². The average molecular weight is 219 g/mol. The maximum atomic E-state index is 11.1. The highest BCUT2D eigenvalue weighted by atomic mass is 35.5. The van der Waals surface area contributed by atoms with E-state index in [1.165, 1.54) is 32.4 Å². The molecule has 1 saturated heterocycles. The number of hydrogen-bond acceptors (Lipinski definition) is 2. The van der Waals surface area contributed by atoms with Crippen molar-refractivity contribution in [2.75, 3.05) is 26.2 Å². The van der Waals surface area contributed by atoms with Gasteiger partial charge in [-0.1, -0.05) is 6.42 Å². The van der Waals surface area contributed by atoms with E-state index >= 15 is 0 Å². The van der Waals surface area contributed by atoms with Gasteiger partial charge < -0.3 is 10.2 Å². The summed E-state index contributed by atoms with van der Waals surface area (Å²) in [5.41, 5.74) is 0. The van der Waals surface area contributed by atoms with Crippen molar-refractivity contribution in [2.45, 2.75) is 31.6 Å². The van der Waals surface area contributed by atoms with E-state index in [9.17, 15) is 4.79 Å². The van der Waals surface area contributed by atoms with E-state index in [-0.39, 0.29) is 5.91 Å². The van der Waals surface area contributed by atoms with Crippen molar-refractivity contribution in [3.05, 3.63) is 0 Å². The maximum Gasteiger partial charge on any atom is 0.237 e. The smallest absolute Gasteiger partial charge is 0.237 e. The second-order valence-corrected chi connectivity index (χ2v) is 4.46. The minimum Gasteiger partial charge on any atom is -0.354 e. The van der Waals surface area contributed by atoms with E-state index in [1.54, 1.807) is 6.92 Å². The topological polar surface area (TPSA) is 32.3 Å². The summed E-state index contributed by atoms with van der Waals surface area (Å²) >= 11 is 5.62. The van der Waals surface area contributed by atoms with Gasteiger partial charge in [-0.2, -0.15) is 0 Å². The fourth-order valence-corrected chi connectivity index (χ4v) is 1.74. The Labute approximate surface area is 90.8 Å². The summed E-state index contributed by atoms with van der Waals surface area (Å²) in [5, 5.41) is 2.40. The lowest BCUT2D eigenvalue weighted by Crippen LogP contribution is -2.39. The third-order valence-corrected chi connectivity index (χ3v) is 2.74. The summed E-state index contributed by atoms with van der Waals surface area (Å²) in [6.45, 7) is 5.71. The number of nitrogens with zero attached hydrogens (tertiary/aromatic N) is 1. The molecular formula is C10H19ClN2O. The molecule has 0 radical (unpaired) electrons. The Morgan fingerprint density at radius 1 is 1.43 bits per heavy atom. The van der Waals surface area contributed by atoms with Gasteiger partial charge in [-0.3, -0.25) is 4.79 Å². The highest BCUT2D eigenvalue weighted by molar-refractivity contribution is 6.30. The Morgan fingerprint density at radius 3 is 2.64 bits per heavy atom. The molecule has 0 aromatic heterocycles. The van der Waals surface area contributed by atoms with Crippen molar-refractivity contribution >= 4 is 17.5 Å².